The molecule has 1 unspecified atom stereocenters. The maximum atomic E-state index is 12.7. The van der Waals surface area contributed by atoms with Crippen LogP contribution in [-0.2, 0) is 16.0 Å². The van der Waals surface area contributed by atoms with Crippen molar-refractivity contribution in [1.82, 2.24) is 5.32 Å². The Morgan fingerprint density at radius 2 is 1.89 bits per heavy atom. The van der Waals surface area contributed by atoms with Crippen LogP contribution in [0, 0.1) is 24.7 Å². The van der Waals surface area contributed by atoms with Crippen molar-refractivity contribution in [1.29, 1.82) is 0 Å². The highest BCUT2D eigenvalue weighted by molar-refractivity contribution is 5.77. The Morgan fingerprint density at radius 1 is 1.22 bits per heavy atom. The molecule has 1 aliphatic carbocycles. The predicted molar refractivity (Wildman–Crippen MR) is 95.1 cm³/mol. The van der Waals surface area contributed by atoms with Crippen LogP contribution in [0.2, 0.25) is 0 Å². The molecule has 27 heavy (non-hydrogen) atoms. The number of aryl methyl sites for hydroxylation is 1. The van der Waals surface area contributed by atoms with Crippen LogP contribution in [0.1, 0.15) is 43.2 Å². The van der Waals surface area contributed by atoms with Crippen molar-refractivity contribution in [2.45, 2.75) is 51.6 Å². The monoisotopic (exact) mass is 385 g/mol. The smallest absolute Gasteiger partial charge is 0.391 e. The van der Waals surface area contributed by atoms with Crippen molar-refractivity contribution in [3.63, 3.8) is 0 Å². The number of carboxylic acid groups (broad SMARTS) is 1. The average molecular weight is 385 g/mol. The van der Waals surface area contributed by atoms with Crippen molar-refractivity contribution >= 4 is 11.9 Å². The normalized spacial score (nSPS) is 21.5. The number of halogens is 3. The molecule has 0 spiro atoms. The van der Waals surface area contributed by atoms with E-state index in [1.165, 1.54) is 0 Å². The predicted octanol–water partition coefficient (Wildman–Crippen LogP) is 4.11. The number of carbonyl (C=O) groups excluding carboxylic acids is 1. The summed E-state index contributed by atoms with van der Waals surface area (Å²) < 4.78 is 38.1. The first kappa shape index (κ1) is 21.3. The maximum absolute atomic E-state index is 12.7. The molecule has 1 aromatic rings. The number of hydrogen-bond acceptors (Lipinski definition) is 2. The zero-order valence-electron chi connectivity index (χ0n) is 15.4. The highest BCUT2D eigenvalue weighted by atomic mass is 19.4. The quantitative estimate of drug-likeness (QED) is 0.742. The number of nitrogens with one attached hydrogen (secondary N) is 1. The summed E-state index contributed by atoms with van der Waals surface area (Å²) in [5.41, 5.74) is 1.93. The number of amides is 1. The van der Waals surface area contributed by atoms with E-state index < -0.39 is 24.0 Å². The molecular weight excluding hydrogens is 359 g/mol. The van der Waals surface area contributed by atoms with E-state index in [2.05, 4.69) is 5.32 Å². The first-order chi connectivity index (χ1) is 12.6. The number of carboxylic acids is 1. The number of aliphatic carboxylic acids is 1. The number of alkyl halides is 3. The third kappa shape index (κ3) is 6.88. The van der Waals surface area contributed by atoms with Crippen molar-refractivity contribution in [3.8, 4) is 0 Å². The van der Waals surface area contributed by atoms with Crippen LogP contribution in [-0.4, -0.2) is 29.7 Å². The second-order valence-corrected chi connectivity index (χ2v) is 7.50. The number of rotatable bonds is 7. The van der Waals surface area contributed by atoms with Crippen molar-refractivity contribution in [2.24, 2.45) is 17.8 Å². The molecule has 0 aromatic heterocycles. The standard InChI is InChI=1S/C20H26F3NO3/c1-13-3-2-4-15(9-13)10-16(19(26)27)12-24-18(25)11-14-5-7-17(8-6-14)20(21,22)23/h2-4,9,14,16-17H,5-8,10-12H2,1H3,(H,24,25)(H,26,27). The minimum atomic E-state index is -4.16. The molecule has 1 aromatic carbocycles. The lowest BCUT2D eigenvalue weighted by Crippen LogP contribution is -2.35. The highest BCUT2D eigenvalue weighted by Gasteiger charge is 2.41. The van der Waals surface area contributed by atoms with Gasteiger partial charge in [-0.1, -0.05) is 29.8 Å². The lowest BCUT2D eigenvalue weighted by atomic mass is 9.80. The summed E-state index contributed by atoms with van der Waals surface area (Å²) in [5, 5.41) is 12.0. The molecule has 7 heteroatoms. The SMILES string of the molecule is Cc1cccc(CC(CNC(=O)CC2CCC(C(F)(F)F)CC2)C(=O)O)c1. The highest BCUT2D eigenvalue weighted by Crippen LogP contribution is 2.40. The van der Waals surface area contributed by atoms with Crippen molar-refractivity contribution in [2.75, 3.05) is 6.54 Å². The van der Waals surface area contributed by atoms with Gasteiger partial charge in [-0.05, 0) is 50.5 Å². The molecule has 2 N–H and O–H groups in total. The van der Waals surface area contributed by atoms with Gasteiger partial charge in [-0.25, -0.2) is 0 Å². The molecule has 0 saturated heterocycles. The van der Waals surface area contributed by atoms with Gasteiger partial charge in [-0.2, -0.15) is 13.2 Å². The minimum Gasteiger partial charge on any atom is -0.481 e. The Bertz CT molecular complexity index is 652. The van der Waals surface area contributed by atoms with E-state index in [1.54, 1.807) is 0 Å². The van der Waals surface area contributed by atoms with Crippen molar-refractivity contribution in [3.05, 3.63) is 35.4 Å². The van der Waals surface area contributed by atoms with Gasteiger partial charge in [0.15, 0.2) is 0 Å². The van der Waals surface area contributed by atoms with E-state index >= 15 is 0 Å². The number of benzene rings is 1. The summed E-state index contributed by atoms with van der Waals surface area (Å²) >= 11 is 0. The van der Waals surface area contributed by atoms with Gasteiger partial charge in [0, 0.05) is 13.0 Å². The first-order valence-electron chi connectivity index (χ1n) is 9.27. The molecule has 0 aliphatic heterocycles. The molecule has 1 saturated carbocycles. The molecule has 1 atom stereocenters. The second-order valence-electron chi connectivity index (χ2n) is 7.50. The zero-order chi connectivity index (χ0) is 20.0. The van der Waals surface area contributed by atoms with Gasteiger partial charge >= 0.3 is 12.1 Å². The molecule has 2 rings (SSSR count). The average Bonchev–Trinajstić information content (AvgIpc) is 2.58. The minimum absolute atomic E-state index is 0.0139. The summed E-state index contributed by atoms with van der Waals surface area (Å²) in [6, 6.07) is 7.55. The van der Waals surface area contributed by atoms with Gasteiger partial charge in [0.1, 0.15) is 0 Å². The van der Waals surface area contributed by atoms with E-state index in [0.29, 0.717) is 19.3 Å². The maximum Gasteiger partial charge on any atom is 0.391 e. The van der Waals surface area contributed by atoms with E-state index in [1.807, 2.05) is 31.2 Å². The molecule has 1 fully saturated rings. The first-order valence-corrected chi connectivity index (χ1v) is 9.27. The summed E-state index contributed by atoms with van der Waals surface area (Å²) in [4.78, 5) is 23.6. The van der Waals surface area contributed by atoms with E-state index in [-0.39, 0.29) is 37.6 Å². The van der Waals surface area contributed by atoms with Crippen LogP contribution in [0.3, 0.4) is 0 Å². The fraction of sp³-hybridized carbons (Fsp3) is 0.600. The van der Waals surface area contributed by atoms with Gasteiger partial charge in [0.05, 0.1) is 11.8 Å². The summed E-state index contributed by atoms with van der Waals surface area (Å²) in [6.45, 7) is 1.94. The Morgan fingerprint density at radius 3 is 2.44 bits per heavy atom. The van der Waals surface area contributed by atoms with Gasteiger partial charge in [0.2, 0.25) is 5.91 Å². The molecule has 0 radical (unpaired) electrons. The topological polar surface area (TPSA) is 66.4 Å². The van der Waals surface area contributed by atoms with E-state index in [9.17, 15) is 27.9 Å². The van der Waals surface area contributed by atoms with Crippen molar-refractivity contribution < 1.29 is 27.9 Å². The van der Waals surface area contributed by atoms with Crippen LogP contribution in [0.4, 0.5) is 13.2 Å². The summed E-state index contributed by atoms with van der Waals surface area (Å²) in [7, 11) is 0. The second kappa shape index (κ2) is 9.24. The Hall–Kier alpha value is -2.05. The van der Waals surface area contributed by atoms with E-state index in [0.717, 1.165) is 11.1 Å². The van der Waals surface area contributed by atoms with Crippen LogP contribution >= 0.6 is 0 Å². The van der Waals surface area contributed by atoms with Gasteiger partial charge < -0.3 is 10.4 Å². The number of carbonyl (C=O) groups is 2. The van der Waals surface area contributed by atoms with E-state index in [4.69, 9.17) is 0 Å². The fourth-order valence-electron chi connectivity index (χ4n) is 3.64. The van der Waals surface area contributed by atoms with Crippen LogP contribution in [0.5, 0.6) is 0 Å². The summed E-state index contributed by atoms with van der Waals surface area (Å²) in [5.74, 6) is -3.34. The molecule has 4 nitrogen and oxygen atoms in total. The molecule has 0 bridgehead atoms. The lowest BCUT2D eigenvalue weighted by Gasteiger charge is -2.29. The lowest BCUT2D eigenvalue weighted by molar-refractivity contribution is -0.184. The molecule has 150 valence electrons. The molecule has 1 amide bonds. The Kier molecular flexibility index (Phi) is 7.27. The zero-order valence-corrected chi connectivity index (χ0v) is 15.4. The molecule has 1 aliphatic rings. The van der Waals surface area contributed by atoms with Crippen LogP contribution < -0.4 is 5.32 Å². The Labute approximate surface area is 157 Å². The third-order valence-corrected chi connectivity index (χ3v) is 5.24. The molecular formula is C20H26F3NO3. The Balaban J connectivity index is 1.78. The fourth-order valence-corrected chi connectivity index (χ4v) is 3.64. The van der Waals surface area contributed by atoms with Gasteiger partial charge in [-0.15, -0.1) is 0 Å². The van der Waals surface area contributed by atoms with Crippen LogP contribution in [0.15, 0.2) is 24.3 Å². The molecule has 0 heterocycles. The van der Waals surface area contributed by atoms with Crippen LogP contribution in [0.25, 0.3) is 0 Å². The summed E-state index contributed by atoms with van der Waals surface area (Å²) in [6.07, 6.45) is -2.81. The number of hydrogen-bond donors (Lipinski definition) is 2. The van der Waals surface area contributed by atoms with Gasteiger partial charge in [-0.3, -0.25) is 9.59 Å². The third-order valence-electron chi connectivity index (χ3n) is 5.24. The van der Waals surface area contributed by atoms with Gasteiger partial charge in [0.25, 0.3) is 0 Å². The largest absolute Gasteiger partial charge is 0.481 e.